The summed E-state index contributed by atoms with van der Waals surface area (Å²) in [4.78, 5) is 14.3. The number of hydrogen-bond donors (Lipinski definition) is 1. The van der Waals surface area contributed by atoms with Crippen LogP contribution in [0.1, 0.15) is 23.2 Å². The number of nitrogens with two attached hydrogens (primary N) is 1. The lowest BCUT2D eigenvalue weighted by molar-refractivity contribution is 0.0793. The van der Waals surface area contributed by atoms with E-state index in [-0.39, 0.29) is 16.6 Å². The van der Waals surface area contributed by atoms with Crippen molar-refractivity contribution < 1.29 is 17.9 Å². The van der Waals surface area contributed by atoms with Crippen LogP contribution in [0.25, 0.3) is 11.1 Å². The summed E-state index contributed by atoms with van der Waals surface area (Å²) in [5.74, 6) is 0.190. The monoisotopic (exact) mass is 360 g/mol. The van der Waals surface area contributed by atoms with E-state index < -0.39 is 10.0 Å². The third kappa shape index (κ3) is 3.67. The summed E-state index contributed by atoms with van der Waals surface area (Å²) < 4.78 is 28.6. The van der Waals surface area contributed by atoms with Crippen molar-refractivity contribution in [3.05, 3.63) is 48.0 Å². The number of nitrogens with zero attached hydrogens (tertiary/aromatic N) is 1. The third-order valence-electron chi connectivity index (χ3n) is 4.31. The maximum Gasteiger partial charge on any atom is 0.253 e. The Morgan fingerprint density at radius 3 is 2.40 bits per heavy atom. The molecule has 2 aromatic carbocycles. The molecule has 0 aliphatic carbocycles. The zero-order chi connectivity index (χ0) is 18.0. The minimum Gasteiger partial charge on any atom is -0.495 e. The van der Waals surface area contributed by atoms with Gasteiger partial charge in [0.25, 0.3) is 5.91 Å². The van der Waals surface area contributed by atoms with Gasteiger partial charge in [-0.1, -0.05) is 18.2 Å². The first-order valence-corrected chi connectivity index (χ1v) is 9.55. The molecule has 0 bridgehead atoms. The molecule has 1 aliphatic rings. The first-order valence-electron chi connectivity index (χ1n) is 8.01. The number of ether oxygens (including phenoxy) is 1. The molecule has 2 aromatic rings. The predicted octanol–water partition coefficient (Wildman–Crippen LogP) is 2.25. The number of hydrogen-bond acceptors (Lipinski definition) is 4. The Morgan fingerprint density at radius 1 is 1.08 bits per heavy atom. The van der Waals surface area contributed by atoms with Gasteiger partial charge in [-0.25, -0.2) is 13.6 Å². The van der Waals surface area contributed by atoms with Crippen LogP contribution < -0.4 is 9.88 Å². The van der Waals surface area contributed by atoms with Gasteiger partial charge in [0.1, 0.15) is 10.6 Å². The zero-order valence-corrected chi connectivity index (χ0v) is 14.8. The predicted molar refractivity (Wildman–Crippen MR) is 94.9 cm³/mol. The van der Waals surface area contributed by atoms with Gasteiger partial charge in [0, 0.05) is 18.7 Å². The zero-order valence-electron chi connectivity index (χ0n) is 13.9. The van der Waals surface area contributed by atoms with Crippen LogP contribution in [0.5, 0.6) is 5.75 Å². The quantitative estimate of drug-likeness (QED) is 0.905. The molecule has 0 atom stereocenters. The molecule has 0 spiro atoms. The SMILES string of the molecule is COc1ccc(-c2cccc(C(=O)N3CCCC3)c2)cc1S(N)(=O)=O. The summed E-state index contributed by atoms with van der Waals surface area (Å²) in [5.41, 5.74) is 1.99. The highest BCUT2D eigenvalue weighted by Gasteiger charge is 2.20. The van der Waals surface area contributed by atoms with E-state index in [1.165, 1.54) is 13.2 Å². The molecule has 132 valence electrons. The van der Waals surface area contributed by atoms with Crippen molar-refractivity contribution in [2.45, 2.75) is 17.7 Å². The Kier molecular flexibility index (Phi) is 4.78. The van der Waals surface area contributed by atoms with Crippen LogP contribution >= 0.6 is 0 Å². The van der Waals surface area contributed by atoms with E-state index in [0.29, 0.717) is 11.1 Å². The smallest absolute Gasteiger partial charge is 0.253 e. The Balaban J connectivity index is 2.00. The van der Waals surface area contributed by atoms with Crippen molar-refractivity contribution in [3.63, 3.8) is 0 Å². The second-order valence-electron chi connectivity index (χ2n) is 5.99. The average molecular weight is 360 g/mol. The average Bonchev–Trinajstić information content (AvgIpc) is 3.14. The largest absolute Gasteiger partial charge is 0.495 e. The van der Waals surface area contributed by atoms with Gasteiger partial charge in [-0.05, 0) is 48.2 Å². The number of primary sulfonamides is 1. The molecule has 0 radical (unpaired) electrons. The van der Waals surface area contributed by atoms with Gasteiger partial charge in [0.2, 0.25) is 10.0 Å². The fraction of sp³-hybridized carbons (Fsp3) is 0.278. The van der Waals surface area contributed by atoms with Gasteiger partial charge in [-0.2, -0.15) is 0 Å². The Morgan fingerprint density at radius 2 is 1.76 bits per heavy atom. The van der Waals surface area contributed by atoms with E-state index in [0.717, 1.165) is 31.5 Å². The fourth-order valence-electron chi connectivity index (χ4n) is 3.01. The van der Waals surface area contributed by atoms with Gasteiger partial charge in [0.05, 0.1) is 7.11 Å². The highest BCUT2D eigenvalue weighted by atomic mass is 32.2. The highest BCUT2D eigenvalue weighted by molar-refractivity contribution is 7.89. The topological polar surface area (TPSA) is 89.7 Å². The summed E-state index contributed by atoms with van der Waals surface area (Å²) in [5, 5.41) is 5.27. The van der Waals surface area contributed by atoms with Crippen molar-refractivity contribution in [3.8, 4) is 16.9 Å². The van der Waals surface area contributed by atoms with Crippen molar-refractivity contribution in [1.29, 1.82) is 0 Å². The van der Waals surface area contributed by atoms with Crippen LogP contribution in [-0.4, -0.2) is 39.4 Å². The lowest BCUT2D eigenvalue weighted by atomic mass is 10.0. The maximum absolute atomic E-state index is 12.5. The molecule has 1 fully saturated rings. The van der Waals surface area contributed by atoms with Crippen LogP contribution in [-0.2, 0) is 10.0 Å². The van der Waals surface area contributed by atoms with E-state index in [4.69, 9.17) is 9.88 Å². The molecule has 25 heavy (non-hydrogen) atoms. The second kappa shape index (κ2) is 6.85. The molecule has 3 rings (SSSR count). The summed E-state index contributed by atoms with van der Waals surface area (Å²) in [6.45, 7) is 1.56. The Labute approximate surface area is 147 Å². The summed E-state index contributed by atoms with van der Waals surface area (Å²) >= 11 is 0. The Hall–Kier alpha value is -2.38. The third-order valence-corrected chi connectivity index (χ3v) is 5.24. The Bertz CT molecular complexity index is 903. The molecular weight excluding hydrogens is 340 g/mol. The number of sulfonamides is 1. The van der Waals surface area contributed by atoms with Gasteiger partial charge < -0.3 is 9.64 Å². The molecule has 1 amide bonds. The number of carbonyl (C=O) groups is 1. The second-order valence-corrected chi connectivity index (χ2v) is 7.52. The summed E-state index contributed by atoms with van der Waals surface area (Å²) in [6.07, 6.45) is 2.06. The van der Waals surface area contributed by atoms with Crippen molar-refractivity contribution >= 4 is 15.9 Å². The normalized spacial score (nSPS) is 14.6. The van der Waals surface area contributed by atoms with E-state index in [1.807, 2.05) is 11.0 Å². The van der Waals surface area contributed by atoms with Gasteiger partial charge in [0.15, 0.2) is 0 Å². The first-order chi connectivity index (χ1) is 11.9. The molecule has 0 saturated carbocycles. The molecule has 0 unspecified atom stereocenters. The molecule has 6 nitrogen and oxygen atoms in total. The summed E-state index contributed by atoms with van der Waals surface area (Å²) in [7, 11) is -2.53. The van der Waals surface area contributed by atoms with Gasteiger partial charge >= 0.3 is 0 Å². The van der Waals surface area contributed by atoms with E-state index >= 15 is 0 Å². The van der Waals surface area contributed by atoms with Gasteiger partial charge in [-0.3, -0.25) is 4.79 Å². The molecule has 0 aromatic heterocycles. The highest BCUT2D eigenvalue weighted by Crippen LogP contribution is 2.30. The van der Waals surface area contributed by atoms with Crippen LogP contribution in [0.2, 0.25) is 0 Å². The van der Waals surface area contributed by atoms with E-state index in [9.17, 15) is 13.2 Å². The fourth-order valence-corrected chi connectivity index (χ4v) is 3.74. The number of rotatable bonds is 4. The maximum atomic E-state index is 12.5. The minimum atomic E-state index is -3.92. The summed E-state index contributed by atoms with van der Waals surface area (Å²) in [6, 6.07) is 11.9. The number of likely N-dealkylation sites (tertiary alicyclic amines) is 1. The van der Waals surface area contributed by atoms with Crippen molar-refractivity contribution in [2.75, 3.05) is 20.2 Å². The molecule has 2 N–H and O–H groups in total. The van der Waals surface area contributed by atoms with Crippen molar-refractivity contribution in [1.82, 2.24) is 4.90 Å². The van der Waals surface area contributed by atoms with Crippen LogP contribution in [0.15, 0.2) is 47.4 Å². The number of benzene rings is 2. The standard InChI is InChI=1S/C18H20N2O4S/c1-24-16-8-7-14(12-17(16)25(19,22)23)13-5-4-6-15(11-13)18(21)20-9-2-3-10-20/h4-8,11-12H,2-3,9-10H2,1H3,(H2,19,22,23). The molecule has 7 heteroatoms. The molecule has 1 aliphatic heterocycles. The van der Waals surface area contributed by atoms with Gasteiger partial charge in [-0.15, -0.1) is 0 Å². The number of carbonyl (C=O) groups excluding carboxylic acids is 1. The van der Waals surface area contributed by atoms with Crippen LogP contribution in [0.4, 0.5) is 0 Å². The molecular formula is C18H20N2O4S. The lowest BCUT2D eigenvalue weighted by Gasteiger charge is -2.16. The van der Waals surface area contributed by atoms with Crippen LogP contribution in [0.3, 0.4) is 0 Å². The van der Waals surface area contributed by atoms with E-state index in [2.05, 4.69) is 0 Å². The minimum absolute atomic E-state index is 0.000434. The number of methoxy groups -OCH3 is 1. The van der Waals surface area contributed by atoms with E-state index in [1.54, 1.807) is 30.3 Å². The van der Waals surface area contributed by atoms with Crippen molar-refractivity contribution in [2.24, 2.45) is 5.14 Å². The first kappa shape index (κ1) is 17.4. The molecule has 1 saturated heterocycles. The lowest BCUT2D eigenvalue weighted by Crippen LogP contribution is -2.27. The van der Waals surface area contributed by atoms with Crippen LogP contribution in [0, 0.1) is 0 Å². The molecule has 1 heterocycles. The number of amides is 1.